The van der Waals surface area contributed by atoms with Crippen molar-refractivity contribution in [3.63, 3.8) is 0 Å². The summed E-state index contributed by atoms with van der Waals surface area (Å²) >= 11 is 0. The van der Waals surface area contributed by atoms with Crippen LogP contribution >= 0.6 is 0 Å². The lowest BCUT2D eigenvalue weighted by Crippen LogP contribution is -2.20. The molecule has 2 aromatic rings. The fraction of sp³-hybridized carbons (Fsp3) is 0.385. The van der Waals surface area contributed by atoms with Crippen molar-refractivity contribution in [3.8, 4) is 0 Å². The highest BCUT2D eigenvalue weighted by Crippen LogP contribution is 2.19. The largest absolute Gasteiger partial charge is 0.333 e. The molecule has 2 heterocycles. The zero-order valence-electron chi connectivity index (χ0n) is 10.3. The van der Waals surface area contributed by atoms with Gasteiger partial charge in [-0.25, -0.2) is 4.98 Å². The van der Waals surface area contributed by atoms with E-state index in [9.17, 15) is 0 Å². The van der Waals surface area contributed by atoms with E-state index in [0.29, 0.717) is 0 Å². The van der Waals surface area contributed by atoms with E-state index in [4.69, 9.17) is 5.73 Å². The molecule has 0 fully saturated rings. The van der Waals surface area contributed by atoms with E-state index in [1.54, 1.807) is 12.4 Å². The molecular formula is C13H18N4. The summed E-state index contributed by atoms with van der Waals surface area (Å²) < 4.78 is 2.10. The first-order valence-corrected chi connectivity index (χ1v) is 5.92. The Balaban J connectivity index is 2.34. The Kier molecular flexibility index (Phi) is 3.54. The minimum absolute atomic E-state index is 0.252. The molecule has 1 atom stereocenters. The number of nitrogens with zero attached hydrogens (tertiary/aromatic N) is 3. The van der Waals surface area contributed by atoms with Crippen molar-refractivity contribution in [1.29, 1.82) is 0 Å². The van der Waals surface area contributed by atoms with Gasteiger partial charge < -0.3 is 10.3 Å². The first-order valence-electron chi connectivity index (χ1n) is 5.92. The average Bonchev–Trinajstić information content (AvgIpc) is 2.78. The molecule has 0 amide bonds. The van der Waals surface area contributed by atoms with Crippen LogP contribution in [-0.2, 0) is 6.54 Å². The zero-order chi connectivity index (χ0) is 12.3. The van der Waals surface area contributed by atoms with E-state index in [1.807, 2.05) is 25.3 Å². The lowest BCUT2D eigenvalue weighted by atomic mass is 10.1. The van der Waals surface area contributed by atoms with Gasteiger partial charge in [-0.05, 0) is 25.0 Å². The van der Waals surface area contributed by atoms with Crippen molar-refractivity contribution in [2.75, 3.05) is 0 Å². The standard InChI is InChI=1S/C13H18N4/c1-3-8-17-9-7-16-13(17)11(14)12-10(2)5-4-6-15-12/h4-7,9,11H,3,8,14H2,1-2H3. The molecule has 17 heavy (non-hydrogen) atoms. The monoisotopic (exact) mass is 230 g/mol. The van der Waals surface area contributed by atoms with Crippen LogP contribution in [-0.4, -0.2) is 14.5 Å². The topological polar surface area (TPSA) is 56.7 Å². The van der Waals surface area contributed by atoms with Gasteiger partial charge in [0.15, 0.2) is 0 Å². The Bertz CT molecular complexity index is 490. The number of aryl methyl sites for hydroxylation is 2. The minimum atomic E-state index is -0.252. The maximum Gasteiger partial charge on any atom is 0.131 e. The van der Waals surface area contributed by atoms with Crippen LogP contribution in [0.3, 0.4) is 0 Å². The number of pyridine rings is 1. The van der Waals surface area contributed by atoms with Gasteiger partial charge in [0.1, 0.15) is 11.9 Å². The van der Waals surface area contributed by atoms with Crippen molar-refractivity contribution >= 4 is 0 Å². The summed E-state index contributed by atoms with van der Waals surface area (Å²) in [5.41, 5.74) is 8.25. The summed E-state index contributed by atoms with van der Waals surface area (Å²) in [6.07, 6.45) is 6.60. The third-order valence-corrected chi connectivity index (χ3v) is 2.83. The highest BCUT2D eigenvalue weighted by molar-refractivity contribution is 5.25. The van der Waals surface area contributed by atoms with E-state index in [1.165, 1.54) is 0 Å². The number of nitrogens with two attached hydrogens (primary N) is 1. The molecule has 4 heteroatoms. The maximum atomic E-state index is 6.25. The Labute approximate surface area is 102 Å². The molecule has 0 aromatic carbocycles. The van der Waals surface area contributed by atoms with Gasteiger partial charge in [-0.2, -0.15) is 0 Å². The first kappa shape index (κ1) is 11.8. The third kappa shape index (κ3) is 2.36. The lowest BCUT2D eigenvalue weighted by molar-refractivity contribution is 0.606. The van der Waals surface area contributed by atoms with Crippen LogP contribution in [0.25, 0.3) is 0 Å². The fourth-order valence-electron chi connectivity index (χ4n) is 1.98. The molecule has 0 radical (unpaired) electrons. The van der Waals surface area contributed by atoms with Crippen molar-refractivity contribution in [3.05, 3.63) is 47.8 Å². The quantitative estimate of drug-likeness (QED) is 0.874. The molecule has 2 aromatic heterocycles. The summed E-state index contributed by atoms with van der Waals surface area (Å²) in [6.45, 7) is 5.10. The van der Waals surface area contributed by atoms with Crippen LogP contribution in [0.4, 0.5) is 0 Å². The van der Waals surface area contributed by atoms with Gasteiger partial charge in [0.2, 0.25) is 0 Å². The molecule has 0 aliphatic rings. The molecule has 2 N–H and O–H groups in total. The second-order valence-electron chi connectivity index (χ2n) is 4.16. The predicted molar refractivity (Wildman–Crippen MR) is 67.5 cm³/mol. The normalized spacial score (nSPS) is 12.6. The molecule has 90 valence electrons. The van der Waals surface area contributed by atoms with Crippen LogP contribution in [0.15, 0.2) is 30.7 Å². The highest BCUT2D eigenvalue weighted by atomic mass is 15.1. The summed E-state index contributed by atoms with van der Waals surface area (Å²) in [4.78, 5) is 8.71. The van der Waals surface area contributed by atoms with Gasteiger partial charge in [-0.15, -0.1) is 0 Å². The van der Waals surface area contributed by atoms with Crippen LogP contribution in [0.5, 0.6) is 0 Å². The number of imidazole rings is 1. The summed E-state index contributed by atoms with van der Waals surface area (Å²) in [7, 11) is 0. The van der Waals surface area contributed by atoms with Gasteiger partial charge in [0.25, 0.3) is 0 Å². The van der Waals surface area contributed by atoms with Gasteiger partial charge in [0, 0.05) is 25.1 Å². The van der Waals surface area contributed by atoms with Crippen LogP contribution in [0, 0.1) is 6.92 Å². The van der Waals surface area contributed by atoms with Crippen molar-refractivity contribution in [1.82, 2.24) is 14.5 Å². The molecule has 4 nitrogen and oxygen atoms in total. The van der Waals surface area contributed by atoms with Crippen molar-refractivity contribution in [2.45, 2.75) is 32.9 Å². The Hall–Kier alpha value is -1.68. The number of hydrogen-bond acceptors (Lipinski definition) is 3. The molecule has 0 spiro atoms. The van der Waals surface area contributed by atoms with Gasteiger partial charge >= 0.3 is 0 Å². The van der Waals surface area contributed by atoms with E-state index in [0.717, 1.165) is 30.0 Å². The molecule has 0 aliphatic heterocycles. The van der Waals surface area contributed by atoms with Crippen LogP contribution < -0.4 is 5.73 Å². The van der Waals surface area contributed by atoms with E-state index in [-0.39, 0.29) is 6.04 Å². The molecule has 0 saturated carbocycles. The van der Waals surface area contributed by atoms with E-state index in [2.05, 4.69) is 21.5 Å². The molecule has 0 bridgehead atoms. The second-order valence-corrected chi connectivity index (χ2v) is 4.16. The molecule has 0 aliphatic carbocycles. The molecule has 0 saturated heterocycles. The second kappa shape index (κ2) is 5.10. The van der Waals surface area contributed by atoms with Gasteiger partial charge in [-0.3, -0.25) is 4.98 Å². The SMILES string of the molecule is CCCn1ccnc1C(N)c1ncccc1C. The number of hydrogen-bond donors (Lipinski definition) is 1. The number of aromatic nitrogens is 3. The van der Waals surface area contributed by atoms with E-state index < -0.39 is 0 Å². The fourth-order valence-corrected chi connectivity index (χ4v) is 1.98. The maximum absolute atomic E-state index is 6.25. The summed E-state index contributed by atoms with van der Waals surface area (Å²) in [6, 6.07) is 3.69. The molecule has 2 rings (SSSR count). The zero-order valence-corrected chi connectivity index (χ0v) is 10.3. The highest BCUT2D eigenvalue weighted by Gasteiger charge is 2.17. The number of rotatable bonds is 4. The summed E-state index contributed by atoms with van der Waals surface area (Å²) in [5, 5.41) is 0. The predicted octanol–water partition coefficient (Wildman–Crippen LogP) is 2.04. The Morgan fingerprint density at radius 1 is 1.35 bits per heavy atom. The van der Waals surface area contributed by atoms with Crippen LogP contribution in [0.1, 0.15) is 36.5 Å². The summed E-state index contributed by atoms with van der Waals surface area (Å²) in [5.74, 6) is 0.883. The Morgan fingerprint density at radius 3 is 2.88 bits per heavy atom. The Morgan fingerprint density at radius 2 is 2.18 bits per heavy atom. The smallest absolute Gasteiger partial charge is 0.131 e. The molecule has 1 unspecified atom stereocenters. The third-order valence-electron chi connectivity index (χ3n) is 2.83. The average molecular weight is 230 g/mol. The first-order chi connectivity index (χ1) is 8.24. The van der Waals surface area contributed by atoms with Crippen molar-refractivity contribution < 1.29 is 0 Å². The lowest BCUT2D eigenvalue weighted by Gasteiger charge is -2.14. The van der Waals surface area contributed by atoms with Crippen LogP contribution in [0.2, 0.25) is 0 Å². The van der Waals surface area contributed by atoms with Gasteiger partial charge in [-0.1, -0.05) is 13.0 Å². The minimum Gasteiger partial charge on any atom is -0.333 e. The van der Waals surface area contributed by atoms with Crippen molar-refractivity contribution in [2.24, 2.45) is 5.73 Å². The van der Waals surface area contributed by atoms with Gasteiger partial charge in [0.05, 0.1) is 5.69 Å². The van der Waals surface area contributed by atoms with E-state index >= 15 is 0 Å². The molecular weight excluding hydrogens is 212 g/mol.